The van der Waals surface area contributed by atoms with E-state index >= 15 is 0 Å². The number of carboxylic acid groups (broad SMARTS) is 1. The first-order valence-corrected chi connectivity index (χ1v) is 22.8. The molecule has 0 radical (unpaired) electrons. The molecule has 0 spiro atoms. The highest BCUT2D eigenvalue weighted by Gasteiger charge is 2.36. The van der Waals surface area contributed by atoms with E-state index in [4.69, 9.17) is 28.0 Å². The van der Waals surface area contributed by atoms with Crippen molar-refractivity contribution in [3.8, 4) is 5.75 Å². The van der Waals surface area contributed by atoms with Crippen LogP contribution in [0.5, 0.6) is 5.75 Å². The first-order chi connectivity index (χ1) is 32.2. The van der Waals surface area contributed by atoms with Gasteiger partial charge in [0.1, 0.15) is 42.5 Å². The van der Waals surface area contributed by atoms with Crippen LogP contribution in [0.3, 0.4) is 0 Å². The second-order valence-corrected chi connectivity index (χ2v) is 16.9. The summed E-state index contributed by atoms with van der Waals surface area (Å²) < 4.78 is 0. The van der Waals surface area contributed by atoms with Crippen molar-refractivity contribution in [2.24, 2.45) is 33.8 Å². The van der Waals surface area contributed by atoms with Gasteiger partial charge in [0.15, 0.2) is 5.96 Å². The largest absolute Gasteiger partial charge is 0.508 e. The SMILES string of the molecule is CCCC[C@H](NC(=O)[C@H](CC(C)C)N(C)C(=O)[C@H](Cc1ccccc1)NC(=O)[C@@H](N)Cc1ccc(O)cc1)C(=O)N[C@@H](CCCN)C(=O)NCC(=O)N[C@@H](CCCN=C(N)N)C(=O)NCC(=O)O. The van der Waals surface area contributed by atoms with Gasteiger partial charge >= 0.3 is 5.97 Å². The number of guanidine groups is 1. The Balaban J connectivity index is 2.28. The smallest absolute Gasteiger partial charge is 0.322 e. The minimum atomic E-state index is -1.30. The van der Waals surface area contributed by atoms with Gasteiger partial charge in [0.2, 0.25) is 41.4 Å². The van der Waals surface area contributed by atoms with E-state index in [0.29, 0.717) is 24.8 Å². The van der Waals surface area contributed by atoms with Crippen molar-refractivity contribution in [2.75, 3.05) is 33.2 Å². The zero-order valence-electron chi connectivity index (χ0n) is 39.5. The number of benzene rings is 2. The number of hydrogen-bond acceptors (Lipinski definition) is 12. The molecular formula is C46H72N12O10. The predicted molar refractivity (Wildman–Crippen MR) is 255 cm³/mol. The highest BCUT2D eigenvalue weighted by Crippen LogP contribution is 2.17. The molecule has 2 aromatic rings. The molecule has 6 atom stereocenters. The van der Waals surface area contributed by atoms with E-state index < -0.39 is 96.7 Å². The third-order valence-electron chi connectivity index (χ3n) is 10.7. The number of carboxylic acids is 1. The number of nitrogens with zero attached hydrogens (tertiary/aromatic N) is 2. The maximum absolute atomic E-state index is 14.4. The molecule has 0 heterocycles. The minimum absolute atomic E-state index is 0.0342. The van der Waals surface area contributed by atoms with Gasteiger partial charge in [-0.05, 0) is 80.7 Å². The number of nitrogens with one attached hydrogen (secondary N) is 6. The molecule has 7 amide bonds. The molecule has 0 saturated carbocycles. The first kappa shape index (κ1) is 57.3. The van der Waals surface area contributed by atoms with Gasteiger partial charge < -0.3 is 69.9 Å². The highest BCUT2D eigenvalue weighted by atomic mass is 16.4. The van der Waals surface area contributed by atoms with Crippen LogP contribution in [-0.2, 0) is 51.2 Å². The van der Waals surface area contributed by atoms with Gasteiger partial charge in [0.25, 0.3) is 0 Å². The summed E-state index contributed by atoms with van der Waals surface area (Å²) in [7, 11) is 1.46. The quantitative estimate of drug-likeness (QED) is 0.0236. The normalized spacial score (nSPS) is 13.6. The van der Waals surface area contributed by atoms with E-state index in [-0.39, 0.29) is 75.7 Å². The Morgan fingerprint density at radius 3 is 1.81 bits per heavy atom. The summed E-state index contributed by atoms with van der Waals surface area (Å²) in [6.07, 6.45) is 2.36. The van der Waals surface area contributed by atoms with Crippen LogP contribution in [0, 0.1) is 5.92 Å². The summed E-state index contributed by atoms with van der Waals surface area (Å²) >= 11 is 0. The molecule has 0 aromatic heterocycles. The Morgan fingerprint density at radius 2 is 1.22 bits per heavy atom. The molecule has 2 aromatic carbocycles. The molecule has 0 unspecified atom stereocenters. The number of likely N-dealkylation sites (N-methyl/N-ethyl adjacent to an activating group) is 1. The monoisotopic (exact) mass is 953 g/mol. The number of aromatic hydroxyl groups is 1. The summed E-state index contributed by atoms with van der Waals surface area (Å²) in [4.78, 5) is 112. The molecule has 376 valence electrons. The van der Waals surface area contributed by atoms with Gasteiger partial charge in [-0.3, -0.25) is 43.3 Å². The van der Waals surface area contributed by atoms with Crippen LogP contribution in [0.15, 0.2) is 59.6 Å². The minimum Gasteiger partial charge on any atom is -0.508 e. The number of phenolic OH excluding ortho intramolecular Hbond substituents is 1. The Hall–Kier alpha value is -6.81. The fourth-order valence-corrected chi connectivity index (χ4v) is 7.00. The van der Waals surface area contributed by atoms with Crippen LogP contribution in [0.4, 0.5) is 0 Å². The lowest BCUT2D eigenvalue weighted by molar-refractivity contribution is -0.143. The van der Waals surface area contributed by atoms with Crippen molar-refractivity contribution >= 4 is 53.3 Å². The summed E-state index contributed by atoms with van der Waals surface area (Å²) in [6.45, 7) is 4.62. The van der Waals surface area contributed by atoms with E-state index in [9.17, 15) is 43.5 Å². The summed E-state index contributed by atoms with van der Waals surface area (Å²) in [5, 5.41) is 34.1. The molecule has 0 aliphatic rings. The molecule has 22 nitrogen and oxygen atoms in total. The van der Waals surface area contributed by atoms with Crippen LogP contribution in [0.25, 0.3) is 0 Å². The van der Waals surface area contributed by atoms with Gasteiger partial charge in [-0.25, -0.2) is 0 Å². The lowest BCUT2D eigenvalue weighted by atomic mass is 9.98. The van der Waals surface area contributed by atoms with Crippen molar-refractivity contribution < 1.29 is 48.6 Å². The van der Waals surface area contributed by atoms with Crippen molar-refractivity contribution in [2.45, 2.75) is 121 Å². The molecule has 22 heteroatoms. The van der Waals surface area contributed by atoms with Crippen LogP contribution >= 0.6 is 0 Å². The molecule has 16 N–H and O–H groups in total. The Morgan fingerprint density at radius 1 is 0.676 bits per heavy atom. The van der Waals surface area contributed by atoms with Crippen LogP contribution in [0.2, 0.25) is 0 Å². The van der Waals surface area contributed by atoms with Crippen LogP contribution in [-0.4, -0.2) is 138 Å². The standard InChI is InChI=1S/C46H72N12O10/c1-5-6-14-35(43(66)55-34(15-10-21-47)42(65)52-26-38(60)54-33(16-11-22-51-46(49)50)41(64)53-27-39(61)62)56-44(67)37(23-28(2)3)58(4)45(68)36(25-29-12-8-7-9-13-29)57-40(63)32(48)24-30-17-19-31(59)20-18-30/h7-9,12-13,17-20,28,32-37,59H,5-6,10-11,14-16,21-27,47-48H2,1-4H3,(H,52,65)(H,53,64)(H,54,60)(H,55,66)(H,56,67)(H,57,63)(H,61,62)(H4,49,50,51)/t32-,33-,34-,35-,36-,37-/m0/s1. The number of hydrogen-bond donors (Lipinski definition) is 12. The van der Waals surface area contributed by atoms with Gasteiger partial charge in [0, 0.05) is 20.0 Å². The lowest BCUT2D eigenvalue weighted by Gasteiger charge is -2.33. The number of unbranched alkanes of at least 4 members (excludes halogenated alkanes) is 1. The summed E-state index contributed by atoms with van der Waals surface area (Å²) in [5.74, 6) is -6.35. The molecule has 0 aliphatic heterocycles. The number of phenols is 1. The van der Waals surface area contributed by atoms with E-state index in [2.05, 4.69) is 36.9 Å². The second-order valence-electron chi connectivity index (χ2n) is 16.9. The third-order valence-corrected chi connectivity index (χ3v) is 10.7. The molecular weight excluding hydrogens is 881 g/mol. The second kappa shape index (κ2) is 30.5. The fourth-order valence-electron chi connectivity index (χ4n) is 7.00. The number of nitrogens with two attached hydrogens (primary N) is 4. The zero-order valence-corrected chi connectivity index (χ0v) is 39.5. The van der Waals surface area contributed by atoms with Crippen LogP contribution in [0.1, 0.15) is 83.3 Å². The van der Waals surface area contributed by atoms with Crippen molar-refractivity contribution in [1.29, 1.82) is 0 Å². The van der Waals surface area contributed by atoms with Crippen molar-refractivity contribution in [1.82, 2.24) is 36.8 Å². The van der Waals surface area contributed by atoms with E-state index in [1.54, 1.807) is 36.4 Å². The number of aliphatic imine (C=N–C) groups is 1. The lowest BCUT2D eigenvalue weighted by Crippen LogP contribution is -2.59. The maximum Gasteiger partial charge on any atom is 0.322 e. The highest BCUT2D eigenvalue weighted by molar-refractivity contribution is 5.97. The van der Waals surface area contributed by atoms with Crippen molar-refractivity contribution in [3.63, 3.8) is 0 Å². The molecule has 0 aliphatic carbocycles. The number of rotatable bonds is 31. The average molecular weight is 953 g/mol. The van der Waals surface area contributed by atoms with E-state index in [0.717, 1.165) is 5.56 Å². The van der Waals surface area contributed by atoms with Gasteiger partial charge in [-0.2, -0.15) is 0 Å². The van der Waals surface area contributed by atoms with Gasteiger partial charge in [-0.1, -0.05) is 76.1 Å². The van der Waals surface area contributed by atoms with E-state index in [1.807, 2.05) is 26.8 Å². The number of aliphatic carboxylic acids is 1. The fraction of sp³-hybridized carbons (Fsp3) is 0.543. The average Bonchev–Trinajstić information content (AvgIpc) is 3.30. The summed E-state index contributed by atoms with van der Waals surface area (Å²) in [6, 6.07) is 8.42. The van der Waals surface area contributed by atoms with E-state index in [1.165, 1.54) is 24.1 Å². The molecule has 0 fully saturated rings. The topological polar surface area (TPSA) is 369 Å². The zero-order chi connectivity index (χ0) is 50.8. The Kier molecular flexibility index (Phi) is 25.7. The van der Waals surface area contributed by atoms with Crippen LogP contribution < -0.4 is 54.8 Å². The molecule has 68 heavy (non-hydrogen) atoms. The Labute approximate surface area is 397 Å². The van der Waals surface area contributed by atoms with Gasteiger partial charge in [-0.15, -0.1) is 0 Å². The summed E-state index contributed by atoms with van der Waals surface area (Å²) in [5.41, 5.74) is 24.2. The van der Waals surface area contributed by atoms with Gasteiger partial charge in [0.05, 0.1) is 12.6 Å². The molecule has 0 bridgehead atoms. The Bertz CT molecular complexity index is 1980. The number of carbonyl (C=O) groups excluding carboxylic acids is 7. The number of carbonyl (C=O) groups is 8. The predicted octanol–water partition coefficient (Wildman–Crippen LogP) is -1.38. The molecule has 2 rings (SSSR count). The number of amides is 7. The maximum atomic E-state index is 14.4. The van der Waals surface area contributed by atoms with Crippen molar-refractivity contribution in [3.05, 3.63) is 65.7 Å². The molecule has 0 saturated heterocycles. The third kappa shape index (κ3) is 21.7. The first-order valence-electron chi connectivity index (χ1n) is 22.8.